The Hall–Kier alpha value is -1.66. The zero-order valence-electron chi connectivity index (χ0n) is 18.7. The molecule has 0 aliphatic heterocycles. The maximum Gasteiger partial charge on any atom is 0.283 e. The van der Waals surface area contributed by atoms with E-state index in [9.17, 15) is 4.79 Å². The van der Waals surface area contributed by atoms with E-state index in [1.54, 1.807) is 11.8 Å². The third-order valence-corrected chi connectivity index (χ3v) is 10.1. The smallest absolute Gasteiger partial charge is 0.267 e. The van der Waals surface area contributed by atoms with Crippen molar-refractivity contribution in [1.29, 1.82) is 0 Å². The Morgan fingerprint density at radius 3 is 2.90 bits per heavy atom. The zero-order chi connectivity index (χ0) is 21.8. The first kappa shape index (κ1) is 21.2. The molecule has 6 heteroatoms. The molecule has 3 aromatic rings. The maximum absolute atomic E-state index is 12.8. The van der Waals surface area contributed by atoms with Crippen LogP contribution < -0.4 is 5.56 Å². The van der Waals surface area contributed by atoms with Crippen LogP contribution in [0.5, 0.6) is 0 Å². The molecule has 2 aliphatic carbocycles. The molecule has 2 aromatic heterocycles. The summed E-state index contributed by atoms with van der Waals surface area (Å²) >= 11 is 3.28. The van der Waals surface area contributed by atoms with Crippen LogP contribution in [0, 0.1) is 22.7 Å². The quantitative estimate of drug-likeness (QED) is 0.330. The van der Waals surface area contributed by atoms with Gasteiger partial charge in [-0.1, -0.05) is 74.6 Å². The second kappa shape index (κ2) is 7.73. The third kappa shape index (κ3) is 3.56. The number of hydrogen-bond donors (Lipinski definition) is 0. The molecule has 0 radical (unpaired) electrons. The highest BCUT2D eigenvalue weighted by Gasteiger charge is 2.52. The molecule has 2 saturated carbocycles. The second-order valence-electron chi connectivity index (χ2n) is 10.3. The van der Waals surface area contributed by atoms with Crippen LogP contribution in [0.25, 0.3) is 15.9 Å². The van der Waals surface area contributed by atoms with Gasteiger partial charge in [-0.05, 0) is 66.9 Å². The summed E-state index contributed by atoms with van der Waals surface area (Å²) in [4.78, 5) is 18.1. The molecular weight excluding hydrogens is 422 g/mol. The average Bonchev–Trinajstić information content (AvgIpc) is 3.13. The van der Waals surface area contributed by atoms with Crippen LogP contribution in [-0.4, -0.2) is 20.4 Å². The van der Waals surface area contributed by atoms with Crippen molar-refractivity contribution in [2.45, 2.75) is 63.6 Å². The fourth-order valence-corrected chi connectivity index (χ4v) is 8.58. The van der Waals surface area contributed by atoms with Crippen molar-refractivity contribution < 1.29 is 0 Å². The summed E-state index contributed by atoms with van der Waals surface area (Å²) in [6, 6.07) is 7.50. The first-order valence-corrected chi connectivity index (χ1v) is 13.2. The van der Waals surface area contributed by atoms with Crippen molar-refractivity contribution in [2.24, 2.45) is 22.7 Å². The fourth-order valence-electron chi connectivity index (χ4n) is 6.57. The highest BCUT2D eigenvalue weighted by molar-refractivity contribution is 8.01. The molecule has 0 bridgehead atoms. The van der Waals surface area contributed by atoms with Crippen LogP contribution in [0.4, 0.5) is 0 Å². The van der Waals surface area contributed by atoms with Gasteiger partial charge in [0, 0.05) is 5.75 Å². The molecule has 2 aliphatic rings. The number of aromatic nitrogens is 3. The normalized spacial score (nSPS) is 28.2. The molecule has 0 N–H and O–H groups in total. The molecule has 0 amide bonds. The second-order valence-corrected chi connectivity index (χ2v) is 12.6. The first-order valence-electron chi connectivity index (χ1n) is 11.4. The molecule has 0 spiro atoms. The number of nitrogens with zero attached hydrogens (tertiary/aromatic N) is 3. The fraction of sp³-hybridized carbons (Fsp3) is 0.560. The predicted molar refractivity (Wildman–Crippen MR) is 131 cm³/mol. The minimum Gasteiger partial charge on any atom is -0.267 e. The minimum atomic E-state index is -0.0795. The lowest BCUT2D eigenvalue weighted by molar-refractivity contribution is -0.0524. The average molecular weight is 454 g/mol. The Labute approximate surface area is 192 Å². The number of hydrogen-bond acceptors (Lipinski definition) is 5. The molecule has 2 fully saturated rings. The van der Waals surface area contributed by atoms with Crippen molar-refractivity contribution in [3.8, 4) is 0 Å². The van der Waals surface area contributed by atoms with E-state index in [-0.39, 0.29) is 5.56 Å². The summed E-state index contributed by atoms with van der Waals surface area (Å²) in [6.07, 6.45) is 7.60. The van der Waals surface area contributed by atoms with Crippen molar-refractivity contribution in [3.63, 3.8) is 0 Å². The van der Waals surface area contributed by atoms with Crippen LogP contribution in [0.3, 0.4) is 0 Å². The third-order valence-electron chi connectivity index (χ3n) is 8.04. The summed E-state index contributed by atoms with van der Waals surface area (Å²) < 4.78 is 2.39. The van der Waals surface area contributed by atoms with Gasteiger partial charge in [0.05, 0.1) is 10.9 Å². The zero-order valence-corrected chi connectivity index (χ0v) is 20.3. The van der Waals surface area contributed by atoms with Crippen molar-refractivity contribution >= 4 is 39.0 Å². The lowest BCUT2D eigenvalue weighted by atomic mass is 9.47. The summed E-state index contributed by atoms with van der Waals surface area (Å²) in [5.74, 6) is 2.36. The minimum absolute atomic E-state index is 0.0795. The van der Waals surface area contributed by atoms with E-state index in [0.717, 1.165) is 27.9 Å². The van der Waals surface area contributed by atoms with Gasteiger partial charge in [0.25, 0.3) is 5.56 Å². The van der Waals surface area contributed by atoms with E-state index in [1.165, 1.54) is 53.5 Å². The van der Waals surface area contributed by atoms with Gasteiger partial charge in [-0.3, -0.25) is 4.79 Å². The van der Waals surface area contributed by atoms with E-state index < -0.39 is 0 Å². The van der Waals surface area contributed by atoms with Crippen molar-refractivity contribution in [3.05, 3.63) is 46.8 Å². The summed E-state index contributed by atoms with van der Waals surface area (Å²) in [6.45, 7) is 12.0. The summed E-state index contributed by atoms with van der Waals surface area (Å²) in [5.41, 5.74) is 2.90. The Balaban J connectivity index is 1.35. The van der Waals surface area contributed by atoms with E-state index in [2.05, 4.69) is 37.4 Å². The van der Waals surface area contributed by atoms with Gasteiger partial charge < -0.3 is 0 Å². The predicted octanol–water partition coefficient (Wildman–Crippen LogP) is 6.59. The van der Waals surface area contributed by atoms with Gasteiger partial charge in [-0.15, -0.1) is 5.10 Å². The first-order chi connectivity index (χ1) is 14.8. The van der Waals surface area contributed by atoms with E-state index in [4.69, 9.17) is 0 Å². The van der Waals surface area contributed by atoms with Crippen LogP contribution in [-0.2, 0) is 0 Å². The van der Waals surface area contributed by atoms with Crippen molar-refractivity contribution in [1.82, 2.24) is 14.6 Å². The Bertz CT molecular complexity index is 1210. The van der Waals surface area contributed by atoms with Gasteiger partial charge in [0.15, 0.2) is 4.34 Å². The summed E-state index contributed by atoms with van der Waals surface area (Å²) in [5, 5.41) is 5.21. The molecule has 1 unspecified atom stereocenters. The largest absolute Gasteiger partial charge is 0.283 e. The highest BCUT2D eigenvalue weighted by atomic mass is 32.2. The number of benzene rings is 1. The number of rotatable bonds is 4. The summed E-state index contributed by atoms with van der Waals surface area (Å²) in [7, 11) is 0. The van der Waals surface area contributed by atoms with Crippen molar-refractivity contribution in [2.75, 3.05) is 5.75 Å². The lowest BCUT2D eigenvalue weighted by Gasteiger charge is -2.58. The number of allylic oxidation sites excluding steroid dienone is 1. The van der Waals surface area contributed by atoms with Crippen LogP contribution in [0.15, 0.2) is 45.6 Å². The maximum atomic E-state index is 12.8. The standard InChI is InChI=1S/C25H31N3OS2/c1-16-10-11-20-24(2,3)13-7-14-25(20,4)18(16)12-15-30-23-27-28-21(29)17-8-5-6-9-19(17)26-22(28)31-23/h5-6,8-9,18,20H,1,7,10-15H2,2-4H3/t18-,20?,25+/m0/s1. The van der Waals surface area contributed by atoms with Gasteiger partial charge in [-0.25, -0.2) is 4.98 Å². The van der Waals surface area contributed by atoms with E-state index in [1.807, 2.05) is 24.3 Å². The SMILES string of the molecule is C=C1CCC2C(C)(C)CCC[C@]2(C)[C@H]1CCSc1nn2c(=O)c3ccccc3nc2s1. The monoisotopic (exact) mass is 453 g/mol. The number of thioether (sulfide) groups is 1. The Kier molecular flexibility index (Phi) is 5.29. The van der Waals surface area contributed by atoms with Crippen LogP contribution in [0.1, 0.15) is 59.3 Å². The molecule has 2 heterocycles. The lowest BCUT2D eigenvalue weighted by Crippen LogP contribution is -2.49. The van der Waals surface area contributed by atoms with Gasteiger partial charge >= 0.3 is 0 Å². The highest BCUT2D eigenvalue weighted by Crippen LogP contribution is 2.61. The molecule has 3 atom stereocenters. The molecule has 5 rings (SSSR count). The molecule has 1 aromatic carbocycles. The molecule has 0 saturated heterocycles. The molecule has 31 heavy (non-hydrogen) atoms. The van der Waals surface area contributed by atoms with Crippen LogP contribution in [0.2, 0.25) is 0 Å². The van der Waals surface area contributed by atoms with Gasteiger partial charge in [-0.2, -0.15) is 4.52 Å². The number of fused-ring (bicyclic) bond motifs is 3. The van der Waals surface area contributed by atoms with Gasteiger partial charge in [0.1, 0.15) is 0 Å². The molecule has 4 nitrogen and oxygen atoms in total. The van der Waals surface area contributed by atoms with Gasteiger partial charge in [0.2, 0.25) is 4.96 Å². The number of para-hydroxylation sites is 1. The Morgan fingerprint density at radius 2 is 2.06 bits per heavy atom. The molecule has 164 valence electrons. The topological polar surface area (TPSA) is 47.3 Å². The van der Waals surface area contributed by atoms with Crippen LogP contribution >= 0.6 is 23.1 Å². The van der Waals surface area contributed by atoms with E-state index >= 15 is 0 Å². The van der Waals surface area contributed by atoms with E-state index in [0.29, 0.717) is 27.1 Å². The molecular formula is C25H31N3OS2. The Morgan fingerprint density at radius 1 is 1.26 bits per heavy atom.